The number of hydrogen-bond acceptors (Lipinski definition) is 4. The second-order valence-electron chi connectivity index (χ2n) is 3.28. The van der Waals surface area contributed by atoms with E-state index in [0.29, 0.717) is 11.5 Å². The maximum atomic E-state index is 11.6. The highest BCUT2D eigenvalue weighted by Crippen LogP contribution is 2.06. The van der Waals surface area contributed by atoms with Crippen LogP contribution in [0.1, 0.15) is 23.4 Å². The highest BCUT2D eigenvalue weighted by molar-refractivity contribution is 6.01. The van der Waals surface area contributed by atoms with Gasteiger partial charge < -0.3 is 5.32 Å². The van der Waals surface area contributed by atoms with E-state index in [0.717, 1.165) is 6.54 Å². The van der Waals surface area contributed by atoms with Gasteiger partial charge in [-0.3, -0.25) is 14.6 Å². The smallest absolute Gasteiger partial charge is 0.295 e. The third kappa shape index (κ3) is 2.08. The Bertz CT molecular complexity index is 500. The summed E-state index contributed by atoms with van der Waals surface area (Å²) in [4.78, 5) is 15.6. The largest absolute Gasteiger partial charge is 0.316 e. The molecule has 2 aromatic rings. The molecule has 7 heteroatoms. The summed E-state index contributed by atoms with van der Waals surface area (Å²) in [6.07, 6.45) is 3.33. The van der Waals surface area contributed by atoms with Gasteiger partial charge in [0.1, 0.15) is 5.82 Å². The van der Waals surface area contributed by atoms with E-state index in [2.05, 4.69) is 25.6 Å². The van der Waals surface area contributed by atoms with Crippen molar-refractivity contribution in [1.29, 1.82) is 0 Å². The van der Waals surface area contributed by atoms with Gasteiger partial charge in [-0.15, -0.1) is 5.10 Å². The Kier molecular flexibility index (Phi) is 2.67. The topological polar surface area (TPSA) is 88.5 Å². The van der Waals surface area contributed by atoms with Crippen molar-refractivity contribution in [2.75, 3.05) is 5.32 Å². The summed E-state index contributed by atoms with van der Waals surface area (Å²) in [5.74, 6) is 0.385. The van der Waals surface area contributed by atoms with E-state index >= 15 is 0 Å². The maximum absolute atomic E-state index is 11.6. The third-order valence-electron chi connectivity index (χ3n) is 2.02. The first-order valence-electron chi connectivity index (χ1n) is 4.92. The number of carbonyl (C=O) groups is 1. The van der Waals surface area contributed by atoms with Gasteiger partial charge in [0.15, 0.2) is 0 Å². The average molecular weight is 220 g/mol. The SMILES string of the molecule is CCn1cc(NC(=O)c2n[nH]c(C)n2)cn1. The van der Waals surface area contributed by atoms with Gasteiger partial charge in [0.25, 0.3) is 5.91 Å². The van der Waals surface area contributed by atoms with Gasteiger partial charge in [0, 0.05) is 12.7 Å². The average Bonchev–Trinajstić information content (AvgIpc) is 2.87. The highest BCUT2D eigenvalue weighted by Gasteiger charge is 2.11. The predicted molar refractivity (Wildman–Crippen MR) is 57.0 cm³/mol. The van der Waals surface area contributed by atoms with Crippen molar-refractivity contribution < 1.29 is 4.79 Å². The number of H-pyrrole nitrogens is 1. The van der Waals surface area contributed by atoms with Crippen LogP contribution in [0.3, 0.4) is 0 Å². The number of hydrogen-bond donors (Lipinski definition) is 2. The van der Waals surface area contributed by atoms with Crippen molar-refractivity contribution in [3.8, 4) is 0 Å². The predicted octanol–water partition coefficient (Wildman–Crippen LogP) is 0.582. The number of aromatic nitrogens is 5. The fourth-order valence-electron chi connectivity index (χ4n) is 1.23. The van der Waals surface area contributed by atoms with Gasteiger partial charge in [-0.1, -0.05) is 0 Å². The summed E-state index contributed by atoms with van der Waals surface area (Å²) in [6.45, 7) is 4.46. The number of carbonyl (C=O) groups excluding carboxylic acids is 1. The van der Waals surface area contributed by atoms with Crippen LogP contribution in [0.25, 0.3) is 0 Å². The normalized spacial score (nSPS) is 10.4. The van der Waals surface area contributed by atoms with Crippen molar-refractivity contribution in [2.24, 2.45) is 0 Å². The lowest BCUT2D eigenvalue weighted by atomic mass is 10.5. The summed E-state index contributed by atoms with van der Waals surface area (Å²) >= 11 is 0. The first-order valence-corrected chi connectivity index (χ1v) is 4.92. The van der Waals surface area contributed by atoms with Crippen LogP contribution in [0.15, 0.2) is 12.4 Å². The van der Waals surface area contributed by atoms with Crippen molar-refractivity contribution in [3.05, 3.63) is 24.0 Å². The molecular formula is C9H12N6O. The van der Waals surface area contributed by atoms with Crippen LogP contribution in [-0.2, 0) is 6.54 Å². The van der Waals surface area contributed by atoms with Crippen molar-refractivity contribution in [1.82, 2.24) is 25.0 Å². The van der Waals surface area contributed by atoms with E-state index in [9.17, 15) is 4.79 Å². The molecule has 1 amide bonds. The molecule has 0 radical (unpaired) electrons. The van der Waals surface area contributed by atoms with E-state index in [1.807, 2.05) is 6.92 Å². The number of aryl methyl sites for hydroxylation is 2. The van der Waals surface area contributed by atoms with E-state index in [4.69, 9.17) is 0 Å². The Morgan fingerprint density at radius 1 is 1.62 bits per heavy atom. The maximum Gasteiger partial charge on any atom is 0.295 e. The summed E-state index contributed by atoms with van der Waals surface area (Å²) in [5.41, 5.74) is 0.634. The third-order valence-corrected chi connectivity index (χ3v) is 2.02. The number of nitrogens with zero attached hydrogens (tertiary/aromatic N) is 4. The van der Waals surface area contributed by atoms with Crippen LogP contribution in [0.5, 0.6) is 0 Å². The number of amides is 1. The van der Waals surface area contributed by atoms with E-state index in [1.54, 1.807) is 24.0 Å². The van der Waals surface area contributed by atoms with E-state index < -0.39 is 0 Å². The molecule has 16 heavy (non-hydrogen) atoms. The first kappa shape index (κ1) is 10.3. The number of nitrogens with one attached hydrogen (secondary N) is 2. The van der Waals surface area contributed by atoms with Gasteiger partial charge in [0.2, 0.25) is 5.82 Å². The molecule has 0 atom stereocenters. The minimum atomic E-state index is -0.347. The van der Waals surface area contributed by atoms with Crippen molar-refractivity contribution in [2.45, 2.75) is 20.4 Å². The summed E-state index contributed by atoms with van der Waals surface area (Å²) in [5, 5.41) is 13.1. The fraction of sp³-hybridized carbons (Fsp3) is 0.333. The van der Waals surface area contributed by atoms with Gasteiger partial charge >= 0.3 is 0 Å². The van der Waals surface area contributed by atoms with Crippen LogP contribution in [0, 0.1) is 6.92 Å². The van der Waals surface area contributed by atoms with Crippen LogP contribution >= 0.6 is 0 Å². The minimum absolute atomic E-state index is 0.127. The van der Waals surface area contributed by atoms with E-state index in [-0.39, 0.29) is 11.7 Å². The number of aromatic amines is 1. The Labute approximate surface area is 91.9 Å². The molecule has 7 nitrogen and oxygen atoms in total. The first-order chi connectivity index (χ1) is 7.69. The Morgan fingerprint density at radius 3 is 3.00 bits per heavy atom. The molecule has 0 fully saturated rings. The molecule has 0 unspecified atom stereocenters. The summed E-state index contributed by atoms with van der Waals surface area (Å²) in [6, 6.07) is 0. The molecule has 0 saturated heterocycles. The number of anilines is 1. The molecule has 0 aromatic carbocycles. The lowest BCUT2D eigenvalue weighted by molar-refractivity contribution is 0.101. The van der Waals surface area contributed by atoms with Crippen LogP contribution < -0.4 is 5.32 Å². The molecule has 2 N–H and O–H groups in total. The second-order valence-corrected chi connectivity index (χ2v) is 3.28. The van der Waals surface area contributed by atoms with Crippen molar-refractivity contribution in [3.63, 3.8) is 0 Å². The van der Waals surface area contributed by atoms with Crippen molar-refractivity contribution >= 4 is 11.6 Å². The Hall–Kier alpha value is -2.18. The standard InChI is InChI=1S/C9H12N6O/c1-3-15-5-7(4-10-15)12-9(16)8-11-6(2)13-14-8/h4-5H,3H2,1-2H3,(H,12,16)(H,11,13,14). The van der Waals surface area contributed by atoms with Gasteiger partial charge in [-0.25, -0.2) is 4.98 Å². The monoisotopic (exact) mass is 220 g/mol. The zero-order valence-electron chi connectivity index (χ0n) is 9.06. The zero-order chi connectivity index (χ0) is 11.5. The van der Waals surface area contributed by atoms with Crippen LogP contribution in [-0.4, -0.2) is 30.9 Å². The molecule has 84 valence electrons. The molecule has 2 aromatic heterocycles. The second kappa shape index (κ2) is 4.13. The van der Waals surface area contributed by atoms with Gasteiger partial charge in [-0.05, 0) is 13.8 Å². The molecule has 0 aliphatic heterocycles. The van der Waals surface area contributed by atoms with Crippen LogP contribution in [0.4, 0.5) is 5.69 Å². The molecule has 0 spiro atoms. The molecule has 0 aliphatic carbocycles. The molecule has 2 rings (SSSR count). The minimum Gasteiger partial charge on any atom is -0.316 e. The summed E-state index contributed by atoms with van der Waals surface area (Å²) < 4.78 is 1.72. The molecule has 0 bridgehead atoms. The molecule has 2 heterocycles. The Balaban J connectivity index is 2.07. The quantitative estimate of drug-likeness (QED) is 0.792. The molecule has 0 aliphatic rings. The lowest BCUT2D eigenvalue weighted by Crippen LogP contribution is -2.13. The molecular weight excluding hydrogens is 208 g/mol. The van der Waals surface area contributed by atoms with Gasteiger partial charge in [0.05, 0.1) is 11.9 Å². The van der Waals surface area contributed by atoms with E-state index in [1.165, 1.54) is 0 Å². The zero-order valence-corrected chi connectivity index (χ0v) is 9.06. The highest BCUT2D eigenvalue weighted by atomic mass is 16.2. The molecule has 0 saturated carbocycles. The fourth-order valence-corrected chi connectivity index (χ4v) is 1.23. The Morgan fingerprint density at radius 2 is 2.44 bits per heavy atom. The number of rotatable bonds is 3. The lowest BCUT2D eigenvalue weighted by Gasteiger charge is -1.96. The van der Waals surface area contributed by atoms with Crippen LogP contribution in [0.2, 0.25) is 0 Å². The summed E-state index contributed by atoms with van der Waals surface area (Å²) in [7, 11) is 0. The van der Waals surface area contributed by atoms with Gasteiger partial charge in [-0.2, -0.15) is 5.10 Å².